The molecular formula is C12H20Cl2N4. The van der Waals surface area contributed by atoms with Crippen LogP contribution in [0.3, 0.4) is 0 Å². The molecule has 0 radical (unpaired) electrons. The first kappa shape index (κ1) is 15.3. The SMILES string of the molecule is CCC(C)CN(CC)c1nc(NN)c(Cl)cc1Cl. The van der Waals surface area contributed by atoms with Gasteiger partial charge in [0.2, 0.25) is 0 Å². The van der Waals surface area contributed by atoms with Gasteiger partial charge in [-0.3, -0.25) is 0 Å². The zero-order chi connectivity index (χ0) is 13.7. The number of anilines is 2. The molecule has 3 N–H and O–H groups in total. The second-order valence-electron chi connectivity index (χ2n) is 4.32. The van der Waals surface area contributed by atoms with E-state index in [0.717, 1.165) is 25.3 Å². The minimum atomic E-state index is 0.422. The topological polar surface area (TPSA) is 54.2 Å². The van der Waals surface area contributed by atoms with E-state index in [9.17, 15) is 0 Å². The van der Waals surface area contributed by atoms with Crippen LogP contribution in [-0.2, 0) is 0 Å². The van der Waals surface area contributed by atoms with E-state index >= 15 is 0 Å². The van der Waals surface area contributed by atoms with Gasteiger partial charge < -0.3 is 10.3 Å². The Kier molecular flexibility index (Phi) is 5.99. The molecule has 4 nitrogen and oxygen atoms in total. The Hall–Kier alpha value is -0.710. The number of nitrogen functional groups attached to an aromatic ring is 1. The Morgan fingerprint density at radius 2 is 2.06 bits per heavy atom. The fourth-order valence-electron chi connectivity index (χ4n) is 1.65. The molecule has 0 aliphatic carbocycles. The molecule has 1 heterocycles. The molecule has 1 aromatic heterocycles. The minimum Gasteiger partial charge on any atom is -0.355 e. The highest BCUT2D eigenvalue weighted by Gasteiger charge is 2.15. The van der Waals surface area contributed by atoms with E-state index in [1.165, 1.54) is 0 Å². The molecule has 0 fully saturated rings. The van der Waals surface area contributed by atoms with E-state index in [1.54, 1.807) is 6.07 Å². The highest BCUT2D eigenvalue weighted by molar-refractivity contribution is 6.37. The zero-order valence-corrected chi connectivity index (χ0v) is 12.5. The zero-order valence-electron chi connectivity index (χ0n) is 11.0. The molecule has 1 aromatic rings. The normalized spacial score (nSPS) is 12.3. The summed E-state index contributed by atoms with van der Waals surface area (Å²) in [6.45, 7) is 8.19. The highest BCUT2D eigenvalue weighted by Crippen LogP contribution is 2.31. The lowest BCUT2D eigenvalue weighted by atomic mass is 10.1. The number of hydrazine groups is 1. The van der Waals surface area contributed by atoms with E-state index in [4.69, 9.17) is 29.0 Å². The van der Waals surface area contributed by atoms with Crippen LogP contribution >= 0.6 is 23.2 Å². The van der Waals surface area contributed by atoms with Crippen LogP contribution in [0.4, 0.5) is 11.6 Å². The van der Waals surface area contributed by atoms with Crippen molar-refractivity contribution >= 4 is 34.8 Å². The van der Waals surface area contributed by atoms with Gasteiger partial charge in [-0.05, 0) is 18.9 Å². The molecule has 1 rings (SSSR count). The van der Waals surface area contributed by atoms with E-state index in [2.05, 4.69) is 36.1 Å². The third kappa shape index (κ3) is 3.64. The van der Waals surface area contributed by atoms with E-state index in [0.29, 0.717) is 21.8 Å². The van der Waals surface area contributed by atoms with Crippen molar-refractivity contribution in [2.75, 3.05) is 23.4 Å². The van der Waals surface area contributed by atoms with Crippen molar-refractivity contribution in [2.45, 2.75) is 27.2 Å². The molecule has 0 aromatic carbocycles. The van der Waals surface area contributed by atoms with Crippen molar-refractivity contribution in [2.24, 2.45) is 11.8 Å². The van der Waals surface area contributed by atoms with Crippen LogP contribution in [0, 0.1) is 5.92 Å². The van der Waals surface area contributed by atoms with E-state index < -0.39 is 0 Å². The van der Waals surface area contributed by atoms with Crippen molar-refractivity contribution < 1.29 is 0 Å². The van der Waals surface area contributed by atoms with Crippen molar-refractivity contribution in [1.29, 1.82) is 0 Å². The smallest absolute Gasteiger partial charge is 0.161 e. The summed E-state index contributed by atoms with van der Waals surface area (Å²) in [5.41, 5.74) is 2.48. The fraction of sp³-hybridized carbons (Fsp3) is 0.583. The third-order valence-electron chi connectivity index (χ3n) is 2.96. The lowest BCUT2D eigenvalue weighted by Crippen LogP contribution is -2.29. The number of halogens is 2. The average Bonchev–Trinajstić information content (AvgIpc) is 2.36. The number of nitrogens with zero attached hydrogens (tertiary/aromatic N) is 2. The molecule has 102 valence electrons. The number of rotatable bonds is 6. The number of pyridine rings is 1. The summed E-state index contributed by atoms with van der Waals surface area (Å²) in [6.07, 6.45) is 1.11. The molecule has 0 bridgehead atoms. The molecule has 0 aliphatic heterocycles. The molecular weight excluding hydrogens is 271 g/mol. The third-order valence-corrected chi connectivity index (χ3v) is 3.52. The second kappa shape index (κ2) is 7.02. The van der Waals surface area contributed by atoms with Gasteiger partial charge in [-0.15, -0.1) is 0 Å². The Morgan fingerprint density at radius 1 is 1.39 bits per heavy atom. The largest absolute Gasteiger partial charge is 0.355 e. The minimum absolute atomic E-state index is 0.422. The number of nitrogens with two attached hydrogens (primary N) is 1. The van der Waals surface area contributed by atoms with Gasteiger partial charge in [0.25, 0.3) is 0 Å². The summed E-state index contributed by atoms with van der Waals surface area (Å²) in [6, 6.07) is 1.67. The van der Waals surface area contributed by atoms with Crippen molar-refractivity contribution in [3.8, 4) is 0 Å². The summed E-state index contributed by atoms with van der Waals surface area (Å²) < 4.78 is 0. The lowest BCUT2D eigenvalue weighted by Gasteiger charge is -2.26. The van der Waals surface area contributed by atoms with Crippen LogP contribution in [0.5, 0.6) is 0 Å². The summed E-state index contributed by atoms with van der Waals surface area (Å²) in [7, 11) is 0. The Balaban J connectivity index is 3.04. The predicted octanol–water partition coefficient (Wildman–Crippen LogP) is 3.55. The van der Waals surface area contributed by atoms with Crippen LogP contribution in [-0.4, -0.2) is 18.1 Å². The summed E-state index contributed by atoms with van der Waals surface area (Å²) in [5, 5.41) is 0.968. The molecule has 0 spiro atoms. The Labute approximate surface area is 118 Å². The molecule has 6 heteroatoms. The van der Waals surface area contributed by atoms with Gasteiger partial charge in [-0.25, -0.2) is 10.8 Å². The summed E-state index contributed by atoms with van der Waals surface area (Å²) in [4.78, 5) is 6.51. The first-order valence-electron chi connectivity index (χ1n) is 6.11. The maximum atomic E-state index is 6.20. The maximum Gasteiger partial charge on any atom is 0.161 e. The molecule has 0 saturated heterocycles. The Morgan fingerprint density at radius 3 is 2.56 bits per heavy atom. The van der Waals surface area contributed by atoms with Gasteiger partial charge in [0.05, 0.1) is 10.0 Å². The highest BCUT2D eigenvalue weighted by atomic mass is 35.5. The van der Waals surface area contributed by atoms with Crippen LogP contribution < -0.4 is 16.2 Å². The lowest BCUT2D eigenvalue weighted by molar-refractivity contribution is 0.545. The van der Waals surface area contributed by atoms with Crippen LogP contribution in [0.15, 0.2) is 6.07 Å². The number of aromatic nitrogens is 1. The summed E-state index contributed by atoms with van der Waals surface area (Å²) >= 11 is 12.2. The van der Waals surface area contributed by atoms with Crippen LogP contribution in [0.2, 0.25) is 10.0 Å². The van der Waals surface area contributed by atoms with Crippen molar-refractivity contribution in [3.05, 3.63) is 16.1 Å². The van der Waals surface area contributed by atoms with Crippen LogP contribution in [0.25, 0.3) is 0 Å². The second-order valence-corrected chi connectivity index (χ2v) is 5.14. The van der Waals surface area contributed by atoms with Gasteiger partial charge >= 0.3 is 0 Å². The van der Waals surface area contributed by atoms with Crippen molar-refractivity contribution in [3.63, 3.8) is 0 Å². The molecule has 0 aliphatic rings. The molecule has 0 saturated carbocycles. The molecule has 1 unspecified atom stereocenters. The molecule has 18 heavy (non-hydrogen) atoms. The van der Waals surface area contributed by atoms with Crippen LogP contribution in [0.1, 0.15) is 27.2 Å². The number of nitrogens with one attached hydrogen (secondary N) is 1. The maximum absolute atomic E-state index is 6.20. The van der Waals surface area contributed by atoms with Gasteiger partial charge in [-0.1, -0.05) is 43.5 Å². The Bertz CT molecular complexity index is 398. The monoisotopic (exact) mass is 290 g/mol. The first-order chi connectivity index (χ1) is 8.53. The number of hydrogen-bond donors (Lipinski definition) is 2. The van der Waals surface area contributed by atoms with Gasteiger partial charge in [0, 0.05) is 13.1 Å². The standard InChI is InChI=1S/C12H20Cl2N4/c1-4-8(3)7-18(5-2)12-10(14)6-9(13)11(16-12)17-15/h6,8H,4-5,7,15H2,1-3H3,(H,16,17). The van der Waals surface area contributed by atoms with Gasteiger partial charge in [-0.2, -0.15) is 0 Å². The van der Waals surface area contributed by atoms with E-state index in [1.807, 2.05) is 0 Å². The number of hydrogen-bond acceptors (Lipinski definition) is 4. The molecule has 0 amide bonds. The fourth-order valence-corrected chi connectivity index (χ4v) is 2.18. The van der Waals surface area contributed by atoms with Crippen molar-refractivity contribution in [1.82, 2.24) is 4.98 Å². The predicted molar refractivity (Wildman–Crippen MR) is 79.4 cm³/mol. The van der Waals surface area contributed by atoms with E-state index in [-0.39, 0.29) is 0 Å². The van der Waals surface area contributed by atoms with Gasteiger partial charge in [0.15, 0.2) is 5.82 Å². The summed E-state index contributed by atoms with van der Waals surface area (Å²) in [5.74, 6) is 7.12. The van der Waals surface area contributed by atoms with Gasteiger partial charge in [0.1, 0.15) is 5.82 Å². The quantitative estimate of drug-likeness (QED) is 0.621. The average molecular weight is 291 g/mol. The first-order valence-corrected chi connectivity index (χ1v) is 6.86. The molecule has 1 atom stereocenters.